The highest BCUT2D eigenvalue weighted by atomic mass is 35.5. The van der Waals surface area contributed by atoms with Gasteiger partial charge < -0.3 is 5.32 Å². The van der Waals surface area contributed by atoms with Gasteiger partial charge in [-0.3, -0.25) is 4.79 Å². The van der Waals surface area contributed by atoms with E-state index in [9.17, 15) is 9.18 Å². The molecule has 0 unspecified atom stereocenters. The number of halogens is 2. The lowest BCUT2D eigenvalue weighted by Gasteiger charge is -2.05. The summed E-state index contributed by atoms with van der Waals surface area (Å²) >= 11 is 5.67. The first kappa shape index (κ1) is 13.4. The fourth-order valence-electron chi connectivity index (χ4n) is 1.21. The van der Waals surface area contributed by atoms with E-state index >= 15 is 0 Å². The maximum absolute atomic E-state index is 12.9. The van der Waals surface area contributed by atoms with Gasteiger partial charge in [-0.05, 0) is 18.9 Å². The lowest BCUT2D eigenvalue weighted by atomic mass is 10.2. The Morgan fingerprint density at radius 1 is 1.59 bits per heavy atom. The highest BCUT2D eigenvalue weighted by Gasteiger charge is 2.11. The van der Waals surface area contributed by atoms with Crippen LogP contribution in [0.3, 0.4) is 0 Å². The standard InChI is InChI=1S/C11H11ClFN3O/c12-10-9(6-8(13)7-16-10)11(17)15-5-3-1-2-4-14/h6-7H,1-3,5H2,(H,15,17). The predicted octanol–water partition coefficient (Wildman–Crippen LogP) is 2.30. The van der Waals surface area contributed by atoms with Gasteiger partial charge in [0.05, 0.1) is 17.8 Å². The number of hydrogen-bond donors (Lipinski definition) is 1. The van der Waals surface area contributed by atoms with E-state index in [4.69, 9.17) is 16.9 Å². The molecule has 0 aliphatic carbocycles. The summed E-state index contributed by atoms with van der Waals surface area (Å²) < 4.78 is 12.9. The van der Waals surface area contributed by atoms with E-state index in [1.165, 1.54) is 0 Å². The van der Waals surface area contributed by atoms with Crippen molar-refractivity contribution in [1.29, 1.82) is 5.26 Å². The molecule has 0 aliphatic heterocycles. The monoisotopic (exact) mass is 255 g/mol. The van der Waals surface area contributed by atoms with Gasteiger partial charge >= 0.3 is 0 Å². The Balaban J connectivity index is 2.47. The zero-order valence-corrected chi connectivity index (χ0v) is 9.80. The van der Waals surface area contributed by atoms with Crippen molar-refractivity contribution in [2.24, 2.45) is 0 Å². The molecule has 6 heteroatoms. The number of rotatable bonds is 5. The van der Waals surface area contributed by atoms with Gasteiger partial charge in [-0.15, -0.1) is 0 Å². The number of nitriles is 1. The molecule has 1 aromatic rings. The zero-order valence-electron chi connectivity index (χ0n) is 9.04. The van der Waals surface area contributed by atoms with Crippen LogP contribution in [-0.2, 0) is 0 Å². The van der Waals surface area contributed by atoms with Crippen molar-refractivity contribution < 1.29 is 9.18 Å². The molecule has 0 bridgehead atoms. The van der Waals surface area contributed by atoms with Crippen LogP contribution in [0.4, 0.5) is 4.39 Å². The maximum atomic E-state index is 12.9. The minimum atomic E-state index is -0.607. The van der Waals surface area contributed by atoms with Crippen molar-refractivity contribution in [3.05, 3.63) is 28.8 Å². The van der Waals surface area contributed by atoms with Crippen LogP contribution in [0.1, 0.15) is 29.6 Å². The molecule has 1 amide bonds. The van der Waals surface area contributed by atoms with Crippen LogP contribution in [0, 0.1) is 17.1 Å². The third kappa shape index (κ3) is 4.37. The lowest BCUT2D eigenvalue weighted by molar-refractivity contribution is 0.0952. The van der Waals surface area contributed by atoms with Gasteiger partial charge in [-0.1, -0.05) is 11.6 Å². The number of pyridine rings is 1. The first-order valence-corrected chi connectivity index (χ1v) is 5.49. The highest BCUT2D eigenvalue weighted by Crippen LogP contribution is 2.13. The minimum Gasteiger partial charge on any atom is -0.352 e. The zero-order chi connectivity index (χ0) is 12.7. The second-order valence-electron chi connectivity index (χ2n) is 3.36. The van der Waals surface area contributed by atoms with E-state index in [0.717, 1.165) is 12.3 Å². The molecule has 0 aromatic carbocycles. The second kappa shape index (κ2) is 6.81. The molecule has 0 aliphatic rings. The summed E-state index contributed by atoms with van der Waals surface area (Å²) in [7, 11) is 0. The quantitative estimate of drug-likeness (QED) is 0.648. The van der Waals surface area contributed by atoms with Crippen LogP contribution < -0.4 is 5.32 Å². The van der Waals surface area contributed by atoms with Gasteiger partial charge in [0.25, 0.3) is 5.91 Å². The molecule has 0 atom stereocenters. The first-order valence-electron chi connectivity index (χ1n) is 5.11. The van der Waals surface area contributed by atoms with E-state index in [1.807, 2.05) is 6.07 Å². The van der Waals surface area contributed by atoms with Crippen LogP contribution in [0.2, 0.25) is 5.15 Å². The average molecular weight is 256 g/mol. The van der Waals surface area contributed by atoms with E-state index in [0.29, 0.717) is 25.8 Å². The van der Waals surface area contributed by atoms with E-state index in [2.05, 4.69) is 10.3 Å². The fraction of sp³-hybridized carbons (Fsp3) is 0.364. The van der Waals surface area contributed by atoms with Crippen LogP contribution in [0.25, 0.3) is 0 Å². The van der Waals surface area contributed by atoms with Crippen molar-refractivity contribution in [3.8, 4) is 6.07 Å². The average Bonchev–Trinajstić information content (AvgIpc) is 2.32. The largest absolute Gasteiger partial charge is 0.352 e. The van der Waals surface area contributed by atoms with Crippen molar-refractivity contribution in [1.82, 2.24) is 10.3 Å². The Morgan fingerprint density at radius 2 is 2.35 bits per heavy atom. The molecule has 0 fully saturated rings. The number of nitrogens with one attached hydrogen (secondary N) is 1. The molecule has 1 aromatic heterocycles. The first-order chi connectivity index (χ1) is 8.15. The molecule has 1 heterocycles. The molecule has 4 nitrogen and oxygen atoms in total. The number of carbonyl (C=O) groups is 1. The SMILES string of the molecule is N#CCCCCNC(=O)c1cc(F)cnc1Cl. The molecular formula is C11H11ClFN3O. The van der Waals surface area contributed by atoms with Crippen molar-refractivity contribution in [3.63, 3.8) is 0 Å². The summed E-state index contributed by atoms with van der Waals surface area (Å²) in [4.78, 5) is 15.1. The van der Waals surface area contributed by atoms with Crippen LogP contribution in [-0.4, -0.2) is 17.4 Å². The molecule has 0 saturated carbocycles. The van der Waals surface area contributed by atoms with E-state index < -0.39 is 11.7 Å². The summed E-state index contributed by atoms with van der Waals surface area (Å²) in [6, 6.07) is 3.05. The van der Waals surface area contributed by atoms with Gasteiger partial charge in [0.2, 0.25) is 0 Å². The summed E-state index contributed by atoms with van der Waals surface area (Å²) in [5.74, 6) is -1.07. The second-order valence-corrected chi connectivity index (χ2v) is 3.72. The van der Waals surface area contributed by atoms with Gasteiger partial charge in [0, 0.05) is 13.0 Å². The van der Waals surface area contributed by atoms with E-state index in [-0.39, 0.29) is 10.7 Å². The number of unbranched alkanes of at least 4 members (excludes halogenated alkanes) is 2. The molecule has 90 valence electrons. The van der Waals surface area contributed by atoms with Crippen molar-refractivity contribution in [2.45, 2.75) is 19.3 Å². The molecule has 1 N–H and O–H groups in total. The fourth-order valence-corrected chi connectivity index (χ4v) is 1.40. The Bertz CT molecular complexity index is 445. The normalized spacial score (nSPS) is 9.71. The lowest BCUT2D eigenvalue weighted by Crippen LogP contribution is -2.25. The Hall–Kier alpha value is -1.67. The highest BCUT2D eigenvalue weighted by molar-refractivity contribution is 6.32. The number of carbonyl (C=O) groups excluding carboxylic acids is 1. The van der Waals surface area contributed by atoms with Crippen LogP contribution >= 0.6 is 11.6 Å². The molecule has 1 rings (SSSR count). The molecule has 0 radical (unpaired) electrons. The molecular weight excluding hydrogens is 245 g/mol. The minimum absolute atomic E-state index is 0.0203. The third-order valence-electron chi connectivity index (χ3n) is 2.05. The Kier molecular flexibility index (Phi) is 5.37. The van der Waals surface area contributed by atoms with Gasteiger partial charge in [0.15, 0.2) is 0 Å². The summed E-state index contributed by atoms with van der Waals surface area (Å²) in [6.45, 7) is 0.424. The Labute approximate surface area is 103 Å². The smallest absolute Gasteiger partial charge is 0.254 e. The number of aromatic nitrogens is 1. The maximum Gasteiger partial charge on any atom is 0.254 e. The topological polar surface area (TPSA) is 65.8 Å². The van der Waals surface area contributed by atoms with Crippen LogP contribution in [0.5, 0.6) is 0 Å². The summed E-state index contributed by atoms with van der Waals surface area (Å²) in [6.07, 6.45) is 2.82. The molecule has 0 spiro atoms. The van der Waals surface area contributed by atoms with Gasteiger partial charge in [-0.25, -0.2) is 9.37 Å². The number of nitrogens with zero attached hydrogens (tertiary/aromatic N) is 2. The van der Waals surface area contributed by atoms with Crippen molar-refractivity contribution >= 4 is 17.5 Å². The molecule has 17 heavy (non-hydrogen) atoms. The van der Waals surface area contributed by atoms with Gasteiger partial charge in [0.1, 0.15) is 11.0 Å². The number of hydrogen-bond acceptors (Lipinski definition) is 3. The van der Waals surface area contributed by atoms with E-state index in [1.54, 1.807) is 0 Å². The summed E-state index contributed by atoms with van der Waals surface area (Å²) in [5, 5.41) is 10.9. The Morgan fingerprint density at radius 3 is 3.06 bits per heavy atom. The molecule has 0 saturated heterocycles. The third-order valence-corrected chi connectivity index (χ3v) is 2.35. The summed E-state index contributed by atoms with van der Waals surface area (Å²) in [5.41, 5.74) is 0.0203. The number of amides is 1. The van der Waals surface area contributed by atoms with Gasteiger partial charge in [-0.2, -0.15) is 5.26 Å². The predicted molar refractivity (Wildman–Crippen MR) is 61.0 cm³/mol. The van der Waals surface area contributed by atoms with Crippen LogP contribution in [0.15, 0.2) is 12.3 Å². The van der Waals surface area contributed by atoms with Crippen molar-refractivity contribution in [2.75, 3.05) is 6.54 Å².